The molecule has 0 saturated carbocycles. The second-order valence-corrected chi connectivity index (χ2v) is 12.0. The molecule has 3 fully saturated rings. The Bertz CT molecular complexity index is 1260. The van der Waals surface area contributed by atoms with Crippen molar-refractivity contribution in [2.24, 2.45) is 11.1 Å². The fraction of sp³-hybridized carbons (Fsp3) is 0.500. The number of hydrogen-bond donors (Lipinski definition) is 1. The number of nitriles is 1. The van der Waals surface area contributed by atoms with Gasteiger partial charge in [0.2, 0.25) is 10.0 Å². The lowest BCUT2D eigenvalue weighted by Crippen LogP contribution is -2.50. The summed E-state index contributed by atoms with van der Waals surface area (Å²) in [6.07, 6.45) is 2.37. The van der Waals surface area contributed by atoms with E-state index in [9.17, 15) is 17.2 Å². The van der Waals surface area contributed by atoms with Crippen LogP contribution in [-0.2, 0) is 14.8 Å². The smallest absolute Gasteiger partial charge is 0.243 e. The van der Waals surface area contributed by atoms with Gasteiger partial charge in [-0.05, 0) is 80.1 Å². The van der Waals surface area contributed by atoms with Crippen molar-refractivity contribution >= 4 is 10.0 Å². The second-order valence-electron chi connectivity index (χ2n) is 10.1. The second kappa shape index (κ2) is 9.70. The average Bonchev–Trinajstić information content (AvgIpc) is 3.29. The van der Waals surface area contributed by atoms with Gasteiger partial charge in [0.15, 0.2) is 11.6 Å². The Morgan fingerprint density at radius 1 is 1.11 bits per heavy atom. The third-order valence-corrected chi connectivity index (χ3v) is 9.84. The molecule has 3 heterocycles. The van der Waals surface area contributed by atoms with E-state index in [4.69, 9.17) is 15.7 Å². The van der Waals surface area contributed by atoms with E-state index in [0.29, 0.717) is 31.7 Å². The van der Waals surface area contributed by atoms with Gasteiger partial charge in [0.1, 0.15) is 6.10 Å². The van der Waals surface area contributed by atoms with Gasteiger partial charge in [-0.2, -0.15) is 18.3 Å². The van der Waals surface area contributed by atoms with Crippen LogP contribution >= 0.6 is 0 Å². The standard InChI is InChI=1S/C26H28F2N4O3S/c27-19-3-6-23(28)22(13-19)25-24(30)14-20(16-35-25)31-10-7-26(17-31)8-11-32(12-9-26)36(33,34)21-4-1-18(15-29)2-5-21/h1-2,4-5,13,20,24-25H,7-12,14,16-17,30H2. The quantitative estimate of drug-likeness (QED) is 0.674. The number of rotatable bonds is 4. The largest absolute Gasteiger partial charge is 0.370 e. The molecule has 3 unspecified atom stereocenters. The van der Waals surface area contributed by atoms with Crippen LogP contribution in [0.4, 0.5) is 8.78 Å². The molecular weight excluding hydrogens is 486 g/mol. The van der Waals surface area contributed by atoms with Gasteiger partial charge in [-0.25, -0.2) is 8.42 Å². The fourth-order valence-corrected chi connectivity index (χ4v) is 7.23. The zero-order valence-electron chi connectivity index (χ0n) is 19.8. The lowest BCUT2D eigenvalue weighted by Gasteiger charge is -2.41. The molecule has 5 rings (SSSR count). The molecule has 3 atom stereocenters. The molecule has 3 aliphatic heterocycles. The average molecular weight is 515 g/mol. The number of nitrogens with zero attached hydrogens (tertiary/aromatic N) is 3. The Hall–Kier alpha value is -2.60. The molecule has 7 nitrogen and oxygen atoms in total. The zero-order valence-corrected chi connectivity index (χ0v) is 20.6. The Morgan fingerprint density at radius 2 is 1.81 bits per heavy atom. The first-order valence-corrected chi connectivity index (χ1v) is 13.6. The number of halogens is 2. The van der Waals surface area contributed by atoms with E-state index in [1.165, 1.54) is 28.6 Å². The SMILES string of the molecule is N#Cc1ccc(S(=O)(=O)N2CCC3(CCN(C4COC(c5cc(F)c#cc5F)C(N)C4)C3)CC2)cc1. The van der Waals surface area contributed by atoms with E-state index in [-0.39, 0.29) is 21.9 Å². The van der Waals surface area contributed by atoms with Crippen molar-refractivity contribution < 1.29 is 21.9 Å². The summed E-state index contributed by atoms with van der Waals surface area (Å²) in [6.45, 7) is 2.97. The van der Waals surface area contributed by atoms with Crippen LogP contribution in [0, 0.1) is 40.5 Å². The molecule has 0 bridgehead atoms. The highest BCUT2D eigenvalue weighted by Gasteiger charge is 2.45. The number of ether oxygens (including phenoxy) is 1. The third kappa shape index (κ3) is 4.72. The van der Waals surface area contributed by atoms with Crippen LogP contribution in [0.5, 0.6) is 0 Å². The Morgan fingerprint density at radius 3 is 2.47 bits per heavy atom. The van der Waals surface area contributed by atoms with Crippen molar-refractivity contribution in [3.05, 3.63) is 65.2 Å². The predicted molar refractivity (Wildman–Crippen MR) is 127 cm³/mol. The maximum atomic E-state index is 14.2. The van der Waals surface area contributed by atoms with Gasteiger partial charge in [-0.15, -0.1) is 0 Å². The summed E-state index contributed by atoms with van der Waals surface area (Å²) in [6, 6.07) is 12.9. The van der Waals surface area contributed by atoms with Gasteiger partial charge in [0, 0.05) is 37.3 Å². The molecule has 1 spiro atoms. The molecule has 3 aliphatic rings. The number of sulfonamides is 1. The first-order chi connectivity index (χ1) is 17.2. The summed E-state index contributed by atoms with van der Waals surface area (Å²) in [4.78, 5) is 2.56. The van der Waals surface area contributed by atoms with E-state index < -0.39 is 33.8 Å². The lowest BCUT2D eigenvalue weighted by atomic mass is 9.78. The molecule has 0 aromatic heterocycles. The maximum Gasteiger partial charge on any atom is 0.243 e. The molecular formula is C26H28F2N4O3S. The summed E-state index contributed by atoms with van der Waals surface area (Å²) in [5, 5.41) is 8.95. The molecule has 0 amide bonds. The van der Waals surface area contributed by atoms with Gasteiger partial charge >= 0.3 is 0 Å². The number of likely N-dealkylation sites (tertiary alicyclic amines) is 1. The zero-order chi connectivity index (χ0) is 25.5. The van der Waals surface area contributed by atoms with Crippen LogP contribution in [0.15, 0.2) is 35.2 Å². The Balaban J connectivity index is 1.18. The topological polar surface area (TPSA) is 99.7 Å². The van der Waals surface area contributed by atoms with E-state index >= 15 is 0 Å². The van der Waals surface area contributed by atoms with Gasteiger partial charge < -0.3 is 10.5 Å². The summed E-state index contributed by atoms with van der Waals surface area (Å²) >= 11 is 0. The van der Waals surface area contributed by atoms with Crippen molar-refractivity contribution in [1.82, 2.24) is 9.21 Å². The van der Waals surface area contributed by atoms with Crippen molar-refractivity contribution in [1.29, 1.82) is 5.26 Å². The van der Waals surface area contributed by atoms with Crippen LogP contribution < -0.4 is 5.73 Å². The van der Waals surface area contributed by atoms with Crippen molar-refractivity contribution in [2.45, 2.75) is 48.8 Å². The summed E-state index contributed by atoms with van der Waals surface area (Å²) in [5.41, 5.74) is 6.88. The highest BCUT2D eigenvalue weighted by Crippen LogP contribution is 2.43. The number of nitrogens with two attached hydrogens (primary N) is 1. The van der Waals surface area contributed by atoms with Crippen LogP contribution in [-0.4, -0.2) is 62.5 Å². The molecule has 3 saturated heterocycles. The summed E-state index contributed by atoms with van der Waals surface area (Å²) in [5.74, 6) is -1.39. The van der Waals surface area contributed by atoms with Crippen molar-refractivity contribution in [3.8, 4) is 6.07 Å². The van der Waals surface area contributed by atoms with Crippen LogP contribution in [0.1, 0.15) is 42.9 Å². The van der Waals surface area contributed by atoms with Crippen LogP contribution in [0.3, 0.4) is 0 Å². The Kier molecular flexibility index (Phi) is 6.75. The molecule has 10 heteroatoms. The van der Waals surface area contributed by atoms with Crippen molar-refractivity contribution in [3.63, 3.8) is 0 Å². The molecule has 36 heavy (non-hydrogen) atoms. The third-order valence-electron chi connectivity index (χ3n) is 7.92. The van der Waals surface area contributed by atoms with E-state index in [2.05, 4.69) is 17.0 Å². The lowest BCUT2D eigenvalue weighted by molar-refractivity contribution is -0.0497. The monoisotopic (exact) mass is 514 g/mol. The van der Waals surface area contributed by atoms with Crippen molar-refractivity contribution in [2.75, 3.05) is 32.8 Å². The van der Waals surface area contributed by atoms with Gasteiger partial charge in [-0.1, -0.05) is 0 Å². The van der Waals surface area contributed by atoms with Crippen LogP contribution in [0.25, 0.3) is 0 Å². The molecule has 0 aliphatic carbocycles. The summed E-state index contributed by atoms with van der Waals surface area (Å²) < 4.78 is 61.4. The Labute approximate surface area is 210 Å². The summed E-state index contributed by atoms with van der Waals surface area (Å²) in [7, 11) is -3.60. The highest BCUT2D eigenvalue weighted by atomic mass is 32.2. The number of piperidine rings is 1. The normalized spacial score (nSPS) is 27.0. The van der Waals surface area contributed by atoms with Gasteiger partial charge in [0.05, 0.1) is 23.1 Å². The minimum absolute atomic E-state index is 0.0388. The molecule has 2 aromatic carbocycles. The number of benzene rings is 1. The van der Waals surface area contributed by atoms with Gasteiger partial charge in [-0.3, -0.25) is 4.90 Å². The highest BCUT2D eigenvalue weighted by molar-refractivity contribution is 7.89. The fourth-order valence-electron chi connectivity index (χ4n) is 5.79. The maximum absolute atomic E-state index is 14.2. The molecule has 190 valence electrons. The first-order valence-electron chi connectivity index (χ1n) is 12.1. The minimum Gasteiger partial charge on any atom is -0.370 e. The number of hydrogen-bond acceptors (Lipinski definition) is 6. The molecule has 2 N–H and O–H groups in total. The predicted octanol–water partition coefficient (Wildman–Crippen LogP) is 2.77. The van der Waals surface area contributed by atoms with E-state index in [1.807, 2.05) is 6.07 Å². The molecule has 0 radical (unpaired) electrons. The minimum atomic E-state index is -3.60. The van der Waals surface area contributed by atoms with Gasteiger partial charge in [0.25, 0.3) is 0 Å². The van der Waals surface area contributed by atoms with Crippen LogP contribution in [0.2, 0.25) is 0 Å². The molecule has 2 aromatic rings. The first kappa shape index (κ1) is 25.1. The van der Waals surface area contributed by atoms with E-state index in [1.54, 1.807) is 0 Å². The van der Waals surface area contributed by atoms with E-state index in [0.717, 1.165) is 38.4 Å².